The molecular formula is C26H42O3. The standard InChI is InChI=1S/C26H42O3/c1-16(6-7-17(2)29-5)20-8-9-21-24-22(11-13-26(20,21)4)25(3)12-10-19(27)14-18(25)15-23(24)28/h16,18-22,24,27H,2,6-15H2,1,3-5H3/t16-,18?,19-,20?,21?,22?,24?,25+,26-/m1/s1. The molecule has 1 N–H and O–H groups in total. The molecule has 29 heavy (non-hydrogen) atoms. The second kappa shape index (κ2) is 7.70. The number of carbonyl (C=O) groups excluding carboxylic acids is 1. The zero-order valence-electron chi connectivity index (χ0n) is 19.1. The number of methoxy groups -OCH3 is 1. The first-order chi connectivity index (χ1) is 13.7. The van der Waals surface area contributed by atoms with Crippen molar-refractivity contribution >= 4 is 5.78 Å². The number of fused-ring (bicyclic) bond motifs is 5. The summed E-state index contributed by atoms with van der Waals surface area (Å²) in [6, 6.07) is 0. The van der Waals surface area contributed by atoms with Crippen molar-refractivity contribution < 1.29 is 14.6 Å². The minimum Gasteiger partial charge on any atom is -0.502 e. The third-order valence-corrected chi connectivity index (χ3v) is 10.4. The second-order valence-corrected chi connectivity index (χ2v) is 11.5. The summed E-state index contributed by atoms with van der Waals surface area (Å²) in [4.78, 5) is 13.4. The number of rotatable bonds is 5. The van der Waals surface area contributed by atoms with E-state index in [9.17, 15) is 9.90 Å². The molecule has 0 bridgehead atoms. The molecule has 3 heteroatoms. The van der Waals surface area contributed by atoms with Crippen LogP contribution in [0, 0.1) is 46.3 Å². The molecule has 0 amide bonds. The normalized spacial score (nSPS) is 47.7. The van der Waals surface area contributed by atoms with Crippen LogP contribution in [0.4, 0.5) is 0 Å². The van der Waals surface area contributed by atoms with Crippen molar-refractivity contribution in [3.05, 3.63) is 12.3 Å². The molecule has 4 fully saturated rings. The molecule has 0 radical (unpaired) electrons. The molecule has 164 valence electrons. The van der Waals surface area contributed by atoms with Crippen LogP contribution >= 0.6 is 0 Å². The van der Waals surface area contributed by atoms with Crippen LogP contribution in [-0.4, -0.2) is 24.1 Å². The Bertz CT molecular complexity index is 656. The van der Waals surface area contributed by atoms with Crippen molar-refractivity contribution in [2.45, 2.75) is 91.1 Å². The lowest BCUT2D eigenvalue weighted by atomic mass is 9.44. The Morgan fingerprint density at radius 1 is 1.17 bits per heavy atom. The summed E-state index contributed by atoms with van der Waals surface area (Å²) in [5, 5.41) is 10.2. The van der Waals surface area contributed by atoms with E-state index in [0.29, 0.717) is 40.8 Å². The molecule has 4 aliphatic rings. The van der Waals surface area contributed by atoms with E-state index in [-0.39, 0.29) is 17.4 Å². The fourth-order valence-corrected chi connectivity index (χ4v) is 8.58. The molecule has 5 unspecified atom stereocenters. The van der Waals surface area contributed by atoms with Crippen molar-refractivity contribution in [1.29, 1.82) is 0 Å². The van der Waals surface area contributed by atoms with Gasteiger partial charge in [-0.25, -0.2) is 0 Å². The average Bonchev–Trinajstić information content (AvgIpc) is 3.04. The van der Waals surface area contributed by atoms with E-state index in [0.717, 1.165) is 44.3 Å². The molecule has 4 aliphatic carbocycles. The molecule has 3 nitrogen and oxygen atoms in total. The van der Waals surface area contributed by atoms with Gasteiger partial charge in [0.2, 0.25) is 0 Å². The molecular weight excluding hydrogens is 360 g/mol. The Labute approximate surface area is 177 Å². The molecule has 0 aliphatic heterocycles. The van der Waals surface area contributed by atoms with E-state index in [1.165, 1.54) is 25.7 Å². The third kappa shape index (κ3) is 3.40. The van der Waals surface area contributed by atoms with Crippen LogP contribution in [0.2, 0.25) is 0 Å². The largest absolute Gasteiger partial charge is 0.502 e. The number of aliphatic hydroxyl groups is 1. The summed E-state index contributed by atoms with van der Waals surface area (Å²) in [5.41, 5.74) is 0.571. The lowest BCUT2D eigenvalue weighted by Crippen LogP contribution is -2.57. The Kier molecular flexibility index (Phi) is 5.68. The number of Topliss-reactive ketones (excluding diaryl/α,β-unsaturated/α-hetero) is 1. The Balaban J connectivity index is 1.53. The first-order valence-corrected chi connectivity index (χ1v) is 12.1. The van der Waals surface area contributed by atoms with Crippen LogP contribution < -0.4 is 0 Å². The quantitative estimate of drug-likeness (QED) is 0.595. The van der Waals surface area contributed by atoms with Gasteiger partial charge in [-0.1, -0.05) is 27.4 Å². The minimum atomic E-state index is -0.190. The van der Waals surface area contributed by atoms with E-state index in [1.54, 1.807) is 7.11 Å². The van der Waals surface area contributed by atoms with E-state index in [1.807, 2.05) is 0 Å². The number of hydrogen-bond acceptors (Lipinski definition) is 3. The maximum absolute atomic E-state index is 13.4. The molecule has 4 saturated carbocycles. The van der Waals surface area contributed by atoms with E-state index >= 15 is 0 Å². The topological polar surface area (TPSA) is 46.5 Å². The molecule has 0 saturated heterocycles. The lowest BCUT2D eigenvalue weighted by molar-refractivity contribution is -0.160. The maximum Gasteiger partial charge on any atom is 0.136 e. The molecule has 9 atom stereocenters. The van der Waals surface area contributed by atoms with Gasteiger partial charge in [0.25, 0.3) is 0 Å². The smallest absolute Gasteiger partial charge is 0.136 e. The van der Waals surface area contributed by atoms with Crippen LogP contribution in [0.25, 0.3) is 0 Å². The molecule has 0 aromatic carbocycles. The molecule has 0 aromatic rings. The maximum atomic E-state index is 13.4. The van der Waals surface area contributed by atoms with Gasteiger partial charge in [0.1, 0.15) is 5.78 Å². The monoisotopic (exact) mass is 402 g/mol. The predicted molar refractivity (Wildman–Crippen MR) is 116 cm³/mol. The zero-order valence-corrected chi connectivity index (χ0v) is 19.1. The summed E-state index contributed by atoms with van der Waals surface area (Å²) >= 11 is 0. The summed E-state index contributed by atoms with van der Waals surface area (Å²) in [7, 11) is 1.72. The SMILES string of the molecule is C=C(CC[C@@H](C)C1CCC2C3C(=O)CC4C[C@H](O)CC[C@]4(C)C3CC[C@@]21C)OC. The zero-order chi connectivity index (χ0) is 21.0. The highest BCUT2D eigenvalue weighted by Crippen LogP contribution is 2.67. The molecule has 0 aromatic heterocycles. The van der Waals surface area contributed by atoms with Crippen molar-refractivity contribution in [1.82, 2.24) is 0 Å². The number of hydrogen-bond donors (Lipinski definition) is 1. The highest BCUT2D eigenvalue weighted by atomic mass is 16.5. The van der Waals surface area contributed by atoms with Gasteiger partial charge in [0, 0.05) is 18.8 Å². The van der Waals surface area contributed by atoms with Gasteiger partial charge >= 0.3 is 0 Å². The summed E-state index contributed by atoms with van der Waals surface area (Å²) in [6.45, 7) is 11.4. The number of aliphatic hydroxyl groups excluding tert-OH is 1. The first-order valence-electron chi connectivity index (χ1n) is 12.1. The van der Waals surface area contributed by atoms with E-state index < -0.39 is 0 Å². The Morgan fingerprint density at radius 2 is 1.86 bits per heavy atom. The lowest BCUT2D eigenvalue weighted by Gasteiger charge is -2.60. The first kappa shape index (κ1) is 21.4. The fourth-order valence-electron chi connectivity index (χ4n) is 8.58. The van der Waals surface area contributed by atoms with E-state index in [2.05, 4.69) is 27.4 Å². The number of ketones is 1. The molecule has 0 spiro atoms. The van der Waals surface area contributed by atoms with Crippen LogP contribution in [-0.2, 0) is 9.53 Å². The van der Waals surface area contributed by atoms with E-state index in [4.69, 9.17) is 4.74 Å². The fraction of sp³-hybridized carbons (Fsp3) is 0.885. The second-order valence-electron chi connectivity index (χ2n) is 11.5. The number of allylic oxidation sites excluding steroid dienone is 1. The van der Waals surface area contributed by atoms with Crippen molar-refractivity contribution in [2.24, 2.45) is 46.3 Å². The molecule has 4 rings (SSSR count). The van der Waals surface area contributed by atoms with Crippen LogP contribution in [0.1, 0.15) is 85.0 Å². The van der Waals surface area contributed by atoms with Crippen LogP contribution in [0.5, 0.6) is 0 Å². The van der Waals surface area contributed by atoms with Gasteiger partial charge in [0.15, 0.2) is 0 Å². The number of carbonyl (C=O) groups is 1. The predicted octanol–water partition coefficient (Wildman–Crippen LogP) is 5.76. The Morgan fingerprint density at radius 3 is 2.59 bits per heavy atom. The third-order valence-electron chi connectivity index (χ3n) is 10.4. The van der Waals surface area contributed by atoms with Gasteiger partial charge in [-0.15, -0.1) is 0 Å². The summed E-state index contributed by atoms with van der Waals surface area (Å²) < 4.78 is 5.29. The van der Waals surface area contributed by atoms with Crippen molar-refractivity contribution in [3.63, 3.8) is 0 Å². The van der Waals surface area contributed by atoms with Gasteiger partial charge in [-0.2, -0.15) is 0 Å². The van der Waals surface area contributed by atoms with Gasteiger partial charge in [-0.05, 0) is 91.8 Å². The van der Waals surface area contributed by atoms with Crippen molar-refractivity contribution in [3.8, 4) is 0 Å². The van der Waals surface area contributed by atoms with Gasteiger partial charge in [-0.3, -0.25) is 4.79 Å². The highest BCUT2D eigenvalue weighted by molar-refractivity contribution is 5.83. The van der Waals surface area contributed by atoms with Crippen molar-refractivity contribution in [2.75, 3.05) is 7.11 Å². The van der Waals surface area contributed by atoms with Gasteiger partial charge < -0.3 is 9.84 Å². The average molecular weight is 403 g/mol. The van der Waals surface area contributed by atoms with Gasteiger partial charge in [0.05, 0.1) is 19.0 Å². The van der Waals surface area contributed by atoms with Crippen LogP contribution in [0.15, 0.2) is 12.3 Å². The molecule has 0 heterocycles. The highest BCUT2D eigenvalue weighted by Gasteiger charge is 2.62. The Hall–Kier alpha value is -0.830. The summed E-state index contributed by atoms with van der Waals surface area (Å²) in [6.07, 6.45) is 10.5. The summed E-state index contributed by atoms with van der Waals surface area (Å²) in [5.74, 6) is 4.57. The minimum absolute atomic E-state index is 0.190. The number of ether oxygens (including phenoxy) is 1. The van der Waals surface area contributed by atoms with Crippen LogP contribution in [0.3, 0.4) is 0 Å².